The molecule has 31 heavy (non-hydrogen) atoms. The minimum absolute atomic E-state index is 0.221. The van der Waals surface area contributed by atoms with Crippen LogP contribution in [0, 0.1) is 6.92 Å². The van der Waals surface area contributed by atoms with Crippen molar-refractivity contribution < 1.29 is 9.59 Å². The number of carbonyl (C=O) groups is 2. The van der Waals surface area contributed by atoms with Gasteiger partial charge in [-0.3, -0.25) is 9.59 Å². The standard InChI is InChI=1S/C24H28N4O2S/c1-17-10-12-19(13-11-17)21(22(29)25-24(2,3)4)28(23(30)20-16-31-27-26-20)15-14-18-8-6-5-7-9-18/h5-13,16,21H,14-15H2,1-4H3,(H,25,29)/t21-/m0/s1. The van der Waals surface area contributed by atoms with Gasteiger partial charge in [-0.15, -0.1) is 5.10 Å². The van der Waals surface area contributed by atoms with Gasteiger partial charge in [-0.1, -0.05) is 64.6 Å². The van der Waals surface area contributed by atoms with Crippen molar-refractivity contribution in [3.8, 4) is 0 Å². The van der Waals surface area contributed by atoms with E-state index in [0.717, 1.165) is 28.2 Å². The third-order valence-corrected chi connectivity index (χ3v) is 5.28. The molecule has 2 aromatic carbocycles. The van der Waals surface area contributed by atoms with Crippen LogP contribution in [0.4, 0.5) is 0 Å². The van der Waals surface area contributed by atoms with Gasteiger partial charge in [0.15, 0.2) is 5.69 Å². The molecule has 0 radical (unpaired) electrons. The van der Waals surface area contributed by atoms with Crippen molar-refractivity contribution in [2.24, 2.45) is 0 Å². The van der Waals surface area contributed by atoms with Crippen molar-refractivity contribution in [1.29, 1.82) is 0 Å². The smallest absolute Gasteiger partial charge is 0.276 e. The molecule has 3 rings (SSSR count). The Hall–Kier alpha value is -3.06. The third kappa shape index (κ3) is 6.21. The molecule has 1 atom stereocenters. The van der Waals surface area contributed by atoms with E-state index in [1.807, 2.05) is 82.3 Å². The number of aromatic nitrogens is 2. The summed E-state index contributed by atoms with van der Waals surface area (Å²) in [5.41, 5.74) is 2.76. The maximum atomic E-state index is 13.4. The molecule has 3 aromatic rings. The van der Waals surface area contributed by atoms with Gasteiger partial charge in [0, 0.05) is 17.5 Å². The number of hydrogen-bond acceptors (Lipinski definition) is 5. The number of hydrogen-bond donors (Lipinski definition) is 1. The number of aryl methyl sites for hydroxylation is 1. The molecule has 0 aliphatic heterocycles. The molecule has 7 heteroatoms. The van der Waals surface area contributed by atoms with Crippen LogP contribution < -0.4 is 5.32 Å². The molecule has 1 N–H and O–H groups in total. The molecule has 1 aromatic heterocycles. The predicted molar refractivity (Wildman–Crippen MR) is 123 cm³/mol. The fraction of sp³-hybridized carbons (Fsp3) is 0.333. The van der Waals surface area contributed by atoms with E-state index < -0.39 is 11.6 Å². The fourth-order valence-corrected chi connectivity index (χ4v) is 3.74. The van der Waals surface area contributed by atoms with E-state index in [1.165, 1.54) is 0 Å². The van der Waals surface area contributed by atoms with Gasteiger partial charge in [-0.2, -0.15) is 0 Å². The van der Waals surface area contributed by atoms with Gasteiger partial charge in [-0.05, 0) is 56.8 Å². The lowest BCUT2D eigenvalue weighted by atomic mass is 9.99. The summed E-state index contributed by atoms with van der Waals surface area (Å²) in [5, 5.41) is 8.62. The Labute approximate surface area is 187 Å². The number of nitrogens with one attached hydrogen (secondary N) is 1. The summed E-state index contributed by atoms with van der Waals surface area (Å²) in [6, 6.07) is 16.9. The maximum absolute atomic E-state index is 13.4. The molecule has 0 unspecified atom stereocenters. The molecule has 0 saturated carbocycles. The summed E-state index contributed by atoms with van der Waals surface area (Å²) in [5.74, 6) is -0.528. The van der Waals surface area contributed by atoms with Gasteiger partial charge in [0.1, 0.15) is 6.04 Å². The second-order valence-electron chi connectivity index (χ2n) is 8.58. The molecular formula is C24H28N4O2S. The first kappa shape index (κ1) is 22.6. The summed E-state index contributed by atoms with van der Waals surface area (Å²) in [6.45, 7) is 8.15. The van der Waals surface area contributed by atoms with E-state index in [4.69, 9.17) is 0 Å². The first-order valence-electron chi connectivity index (χ1n) is 10.2. The molecule has 0 bridgehead atoms. The SMILES string of the molecule is Cc1ccc([C@@H](C(=O)NC(C)(C)C)N(CCc2ccccc2)C(=O)c2csnn2)cc1. The van der Waals surface area contributed by atoms with Crippen LogP contribution in [-0.4, -0.2) is 38.4 Å². The van der Waals surface area contributed by atoms with Crippen LogP contribution in [0.5, 0.6) is 0 Å². The Balaban J connectivity index is 2.00. The number of amides is 2. The van der Waals surface area contributed by atoms with Gasteiger partial charge in [-0.25, -0.2) is 0 Å². The van der Waals surface area contributed by atoms with Crippen molar-refractivity contribution in [2.75, 3.05) is 6.54 Å². The van der Waals surface area contributed by atoms with Crippen LogP contribution >= 0.6 is 11.5 Å². The molecule has 0 aliphatic rings. The lowest BCUT2D eigenvalue weighted by Gasteiger charge is -2.33. The Bertz CT molecular complexity index is 996. The molecule has 2 amide bonds. The Morgan fingerprint density at radius 1 is 1.06 bits per heavy atom. The Kier molecular flexibility index (Phi) is 7.17. The summed E-state index contributed by atoms with van der Waals surface area (Å²) in [6.07, 6.45) is 0.620. The zero-order valence-corrected chi connectivity index (χ0v) is 19.1. The van der Waals surface area contributed by atoms with Crippen molar-refractivity contribution in [1.82, 2.24) is 19.8 Å². The number of carbonyl (C=O) groups excluding carboxylic acids is 2. The highest BCUT2D eigenvalue weighted by molar-refractivity contribution is 7.03. The van der Waals surface area contributed by atoms with E-state index in [0.29, 0.717) is 13.0 Å². The average Bonchev–Trinajstić information content (AvgIpc) is 3.26. The van der Waals surface area contributed by atoms with Gasteiger partial charge in [0.05, 0.1) is 0 Å². The van der Waals surface area contributed by atoms with Crippen LogP contribution in [0.2, 0.25) is 0 Å². The van der Waals surface area contributed by atoms with Crippen LogP contribution in [0.25, 0.3) is 0 Å². The Morgan fingerprint density at radius 3 is 2.32 bits per heavy atom. The molecule has 0 saturated heterocycles. The first-order chi connectivity index (χ1) is 14.7. The van der Waals surface area contributed by atoms with Crippen molar-refractivity contribution in [3.05, 3.63) is 82.4 Å². The van der Waals surface area contributed by atoms with Gasteiger partial charge < -0.3 is 10.2 Å². The van der Waals surface area contributed by atoms with Crippen molar-refractivity contribution in [2.45, 2.75) is 45.7 Å². The van der Waals surface area contributed by atoms with Gasteiger partial charge in [0.25, 0.3) is 5.91 Å². The molecule has 0 fully saturated rings. The first-order valence-corrected chi connectivity index (χ1v) is 11.1. The van der Waals surface area contributed by atoms with E-state index in [-0.39, 0.29) is 17.5 Å². The molecule has 0 spiro atoms. The van der Waals surface area contributed by atoms with Crippen LogP contribution in [0.15, 0.2) is 60.0 Å². The molecule has 1 heterocycles. The average molecular weight is 437 g/mol. The summed E-state index contributed by atoms with van der Waals surface area (Å²) < 4.78 is 3.84. The normalized spacial score (nSPS) is 12.3. The summed E-state index contributed by atoms with van der Waals surface area (Å²) in [7, 11) is 0. The van der Waals surface area contributed by atoms with Crippen molar-refractivity contribution >= 4 is 23.3 Å². The highest BCUT2D eigenvalue weighted by atomic mass is 32.1. The topological polar surface area (TPSA) is 75.2 Å². The lowest BCUT2D eigenvalue weighted by Crippen LogP contribution is -2.49. The number of benzene rings is 2. The lowest BCUT2D eigenvalue weighted by molar-refractivity contribution is -0.127. The zero-order chi connectivity index (χ0) is 22.4. The zero-order valence-electron chi connectivity index (χ0n) is 18.3. The van der Waals surface area contributed by atoms with E-state index in [9.17, 15) is 9.59 Å². The second-order valence-corrected chi connectivity index (χ2v) is 9.19. The maximum Gasteiger partial charge on any atom is 0.276 e. The molecular weight excluding hydrogens is 408 g/mol. The number of nitrogens with zero attached hydrogens (tertiary/aromatic N) is 3. The van der Waals surface area contributed by atoms with E-state index >= 15 is 0 Å². The van der Waals surface area contributed by atoms with Crippen LogP contribution in [-0.2, 0) is 11.2 Å². The van der Waals surface area contributed by atoms with Crippen LogP contribution in [0.1, 0.15) is 54.0 Å². The highest BCUT2D eigenvalue weighted by Gasteiger charge is 2.34. The monoisotopic (exact) mass is 436 g/mol. The van der Waals surface area contributed by atoms with Gasteiger partial charge in [0.2, 0.25) is 5.91 Å². The molecule has 0 aliphatic carbocycles. The number of rotatable bonds is 7. The van der Waals surface area contributed by atoms with E-state index in [1.54, 1.807) is 10.3 Å². The summed E-state index contributed by atoms with van der Waals surface area (Å²) in [4.78, 5) is 28.5. The fourth-order valence-electron chi connectivity index (χ4n) is 3.31. The predicted octanol–water partition coefficient (Wildman–Crippen LogP) is 4.19. The van der Waals surface area contributed by atoms with E-state index in [2.05, 4.69) is 14.9 Å². The molecule has 6 nitrogen and oxygen atoms in total. The second kappa shape index (κ2) is 9.83. The quantitative estimate of drug-likeness (QED) is 0.603. The third-order valence-electron chi connectivity index (χ3n) is 4.78. The summed E-state index contributed by atoms with van der Waals surface area (Å²) >= 11 is 1.12. The Morgan fingerprint density at radius 2 is 1.74 bits per heavy atom. The highest BCUT2D eigenvalue weighted by Crippen LogP contribution is 2.25. The molecule has 162 valence electrons. The van der Waals surface area contributed by atoms with Gasteiger partial charge >= 0.3 is 0 Å². The minimum atomic E-state index is -0.780. The minimum Gasteiger partial charge on any atom is -0.349 e. The van der Waals surface area contributed by atoms with Crippen LogP contribution in [0.3, 0.4) is 0 Å². The largest absolute Gasteiger partial charge is 0.349 e. The van der Waals surface area contributed by atoms with Crippen molar-refractivity contribution in [3.63, 3.8) is 0 Å².